The minimum absolute atomic E-state index is 0.0291. The van der Waals surface area contributed by atoms with Crippen molar-refractivity contribution in [2.75, 3.05) is 13.1 Å². The number of carbonyl (C=O) groups is 1. The number of hydrogen-bond acceptors (Lipinski definition) is 5. The van der Waals surface area contributed by atoms with Crippen LogP contribution in [-0.2, 0) is 10.0 Å². The van der Waals surface area contributed by atoms with E-state index < -0.39 is 10.0 Å². The van der Waals surface area contributed by atoms with E-state index in [1.165, 1.54) is 28.8 Å². The molecule has 0 aliphatic carbocycles. The van der Waals surface area contributed by atoms with Crippen LogP contribution in [0.15, 0.2) is 60.0 Å². The molecular formula is C22H24ClN5O3S. The number of amides is 1. The maximum atomic E-state index is 13.1. The summed E-state index contributed by atoms with van der Waals surface area (Å²) in [5, 5.41) is 7.12. The van der Waals surface area contributed by atoms with E-state index in [-0.39, 0.29) is 27.4 Å². The lowest BCUT2D eigenvalue weighted by Gasteiger charge is -2.26. The van der Waals surface area contributed by atoms with E-state index in [4.69, 9.17) is 11.6 Å². The van der Waals surface area contributed by atoms with E-state index >= 15 is 0 Å². The molecule has 0 bridgehead atoms. The van der Waals surface area contributed by atoms with Crippen molar-refractivity contribution in [1.82, 2.24) is 24.4 Å². The Morgan fingerprint density at radius 1 is 1.09 bits per heavy atom. The van der Waals surface area contributed by atoms with Crippen LogP contribution in [0.2, 0.25) is 5.02 Å². The summed E-state index contributed by atoms with van der Waals surface area (Å²) in [5.41, 5.74) is 2.00. The first-order chi connectivity index (χ1) is 15.4. The Morgan fingerprint density at radius 2 is 1.81 bits per heavy atom. The van der Waals surface area contributed by atoms with Crippen molar-refractivity contribution in [3.05, 3.63) is 71.3 Å². The van der Waals surface area contributed by atoms with Gasteiger partial charge in [-0.2, -0.15) is 9.40 Å². The fourth-order valence-corrected chi connectivity index (χ4v) is 5.72. The number of aromatic nitrogens is 3. The van der Waals surface area contributed by atoms with Crippen molar-refractivity contribution in [1.29, 1.82) is 0 Å². The predicted molar refractivity (Wildman–Crippen MR) is 121 cm³/mol. The van der Waals surface area contributed by atoms with Crippen molar-refractivity contribution in [3.63, 3.8) is 0 Å². The number of nitrogens with zero attached hydrogens (tertiary/aromatic N) is 4. The predicted octanol–water partition coefficient (Wildman–Crippen LogP) is 3.59. The summed E-state index contributed by atoms with van der Waals surface area (Å²) >= 11 is 6.21. The van der Waals surface area contributed by atoms with Gasteiger partial charge in [-0.1, -0.05) is 30.2 Å². The number of halogens is 1. The molecule has 8 nitrogen and oxygen atoms in total. The molecule has 1 aliphatic heterocycles. The van der Waals surface area contributed by atoms with Crippen LogP contribution in [0.4, 0.5) is 0 Å². The van der Waals surface area contributed by atoms with Crippen LogP contribution in [-0.4, -0.2) is 46.5 Å². The van der Waals surface area contributed by atoms with Gasteiger partial charge < -0.3 is 5.32 Å². The Bertz CT molecular complexity index is 1190. The Kier molecular flexibility index (Phi) is 6.59. The standard InChI is InChI=1S/C22H24ClN5O3S/c1-16(17-5-8-19(9-6-17)28-15-24-14-25-28)26-22(29)18-7-10-20(23)21(13-18)32(30,31)27-11-3-2-4-12-27/h5-10,13-16H,2-4,11-12H2,1H3,(H,26,29). The van der Waals surface area contributed by atoms with E-state index in [0.29, 0.717) is 13.1 Å². The molecule has 1 aromatic heterocycles. The Morgan fingerprint density at radius 3 is 2.47 bits per heavy atom. The Balaban J connectivity index is 1.50. The zero-order chi connectivity index (χ0) is 22.7. The molecule has 1 amide bonds. The molecule has 2 aromatic carbocycles. The fourth-order valence-electron chi connectivity index (χ4n) is 3.71. The van der Waals surface area contributed by atoms with Crippen LogP contribution >= 0.6 is 11.6 Å². The zero-order valence-electron chi connectivity index (χ0n) is 17.6. The van der Waals surface area contributed by atoms with E-state index in [2.05, 4.69) is 15.4 Å². The smallest absolute Gasteiger partial charge is 0.251 e. The molecule has 0 saturated carbocycles. The molecule has 3 aromatic rings. The average Bonchev–Trinajstić information content (AvgIpc) is 3.35. The number of carbonyl (C=O) groups excluding carboxylic acids is 1. The summed E-state index contributed by atoms with van der Waals surface area (Å²) in [6.45, 7) is 2.80. The molecule has 1 aliphatic rings. The number of piperidine rings is 1. The highest BCUT2D eigenvalue weighted by Crippen LogP contribution is 2.28. The second kappa shape index (κ2) is 9.40. The van der Waals surface area contributed by atoms with Gasteiger partial charge in [0.1, 0.15) is 17.6 Å². The third-order valence-corrected chi connectivity index (χ3v) is 7.93. The van der Waals surface area contributed by atoms with Gasteiger partial charge in [0.15, 0.2) is 0 Å². The normalized spacial score (nSPS) is 15.9. The van der Waals surface area contributed by atoms with Gasteiger partial charge in [-0.15, -0.1) is 0 Å². The van der Waals surface area contributed by atoms with Crippen LogP contribution < -0.4 is 5.32 Å². The minimum atomic E-state index is -3.75. The zero-order valence-corrected chi connectivity index (χ0v) is 19.2. The van der Waals surface area contributed by atoms with Crippen LogP contribution in [0.3, 0.4) is 0 Å². The SMILES string of the molecule is CC(NC(=O)c1ccc(Cl)c(S(=O)(=O)N2CCCCC2)c1)c1ccc(-n2cncn2)cc1. The lowest BCUT2D eigenvalue weighted by Crippen LogP contribution is -2.36. The second-order valence-corrected chi connectivity index (χ2v) is 10.1. The lowest BCUT2D eigenvalue weighted by molar-refractivity contribution is 0.0939. The van der Waals surface area contributed by atoms with Crippen molar-refractivity contribution in [2.45, 2.75) is 37.1 Å². The molecule has 1 saturated heterocycles. The summed E-state index contributed by atoms with van der Waals surface area (Å²) in [6.07, 6.45) is 5.73. The third-order valence-electron chi connectivity index (χ3n) is 5.55. The average molecular weight is 474 g/mol. The van der Waals surface area contributed by atoms with Crippen molar-refractivity contribution in [2.24, 2.45) is 0 Å². The second-order valence-electron chi connectivity index (χ2n) is 7.74. The van der Waals surface area contributed by atoms with Crippen molar-refractivity contribution in [3.8, 4) is 5.69 Å². The van der Waals surface area contributed by atoms with Crippen LogP contribution in [0.5, 0.6) is 0 Å². The van der Waals surface area contributed by atoms with Gasteiger partial charge in [0.2, 0.25) is 10.0 Å². The molecule has 10 heteroatoms. The number of hydrogen-bond donors (Lipinski definition) is 1. The molecule has 1 N–H and O–H groups in total. The fraction of sp³-hybridized carbons (Fsp3) is 0.318. The van der Waals surface area contributed by atoms with Gasteiger partial charge in [0.25, 0.3) is 5.91 Å². The maximum absolute atomic E-state index is 13.1. The third kappa shape index (κ3) is 4.69. The lowest BCUT2D eigenvalue weighted by atomic mass is 10.1. The highest BCUT2D eigenvalue weighted by atomic mass is 35.5. The highest BCUT2D eigenvalue weighted by molar-refractivity contribution is 7.89. The number of sulfonamides is 1. The molecule has 168 valence electrons. The van der Waals surface area contributed by atoms with E-state index in [1.807, 2.05) is 31.2 Å². The van der Waals surface area contributed by atoms with E-state index in [1.54, 1.807) is 11.0 Å². The molecule has 2 heterocycles. The molecule has 1 atom stereocenters. The van der Waals surface area contributed by atoms with Crippen molar-refractivity contribution < 1.29 is 13.2 Å². The van der Waals surface area contributed by atoms with Crippen LogP contribution in [0.25, 0.3) is 5.69 Å². The quantitative estimate of drug-likeness (QED) is 0.590. The molecule has 1 unspecified atom stereocenters. The summed E-state index contributed by atoms with van der Waals surface area (Å²) in [6, 6.07) is 11.6. The summed E-state index contributed by atoms with van der Waals surface area (Å²) < 4.78 is 29.2. The molecule has 0 spiro atoms. The van der Waals surface area contributed by atoms with E-state index in [9.17, 15) is 13.2 Å². The number of nitrogens with one attached hydrogen (secondary N) is 1. The Labute approximate surface area is 192 Å². The van der Waals surface area contributed by atoms with Gasteiger partial charge in [-0.25, -0.2) is 18.1 Å². The highest BCUT2D eigenvalue weighted by Gasteiger charge is 2.29. The summed E-state index contributed by atoms with van der Waals surface area (Å²) in [5.74, 6) is -0.371. The van der Waals surface area contributed by atoms with Gasteiger partial charge in [0.05, 0.1) is 16.8 Å². The van der Waals surface area contributed by atoms with Crippen molar-refractivity contribution >= 4 is 27.5 Å². The first kappa shape index (κ1) is 22.4. The molecule has 1 fully saturated rings. The largest absolute Gasteiger partial charge is 0.346 e. The van der Waals surface area contributed by atoms with Gasteiger partial charge in [-0.05, 0) is 55.7 Å². The maximum Gasteiger partial charge on any atom is 0.251 e. The number of rotatable bonds is 6. The monoisotopic (exact) mass is 473 g/mol. The number of benzene rings is 2. The molecule has 0 radical (unpaired) electrons. The molecular weight excluding hydrogens is 450 g/mol. The van der Waals surface area contributed by atoms with Gasteiger partial charge in [0, 0.05) is 18.7 Å². The molecule has 4 rings (SSSR count). The summed E-state index contributed by atoms with van der Waals surface area (Å²) in [7, 11) is -3.75. The minimum Gasteiger partial charge on any atom is -0.346 e. The van der Waals surface area contributed by atoms with Crippen LogP contribution in [0, 0.1) is 0 Å². The summed E-state index contributed by atoms with van der Waals surface area (Å²) in [4.78, 5) is 16.8. The van der Waals surface area contributed by atoms with Gasteiger partial charge >= 0.3 is 0 Å². The van der Waals surface area contributed by atoms with Gasteiger partial charge in [-0.3, -0.25) is 4.79 Å². The first-order valence-corrected chi connectivity index (χ1v) is 12.2. The molecule has 32 heavy (non-hydrogen) atoms. The van der Waals surface area contributed by atoms with E-state index in [0.717, 1.165) is 30.5 Å². The Hall–Kier alpha value is -2.75. The first-order valence-electron chi connectivity index (χ1n) is 10.4. The topological polar surface area (TPSA) is 97.2 Å². The van der Waals surface area contributed by atoms with Crippen LogP contribution in [0.1, 0.15) is 48.1 Å².